The summed E-state index contributed by atoms with van der Waals surface area (Å²) in [5.41, 5.74) is 0. The summed E-state index contributed by atoms with van der Waals surface area (Å²) in [6.45, 7) is 8.13. The maximum absolute atomic E-state index is 11.9. The van der Waals surface area contributed by atoms with E-state index < -0.39 is 0 Å². The molecule has 0 heterocycles. The molecule has 0 unspecified atom stereocenters. The lowest BCUT2D eigenvalue weighted by Crippen LogP contribution is -2.30. The maximum Gasteiger partial charge on any atom is 0.222 e. The predicted octanol–water partition coefficient (Wildman–Crippen LogP) is 7.51. The quantitative estimate of drug-likeness (QED) is 0.220. The van der Waals surface area contributed by atoms with E-state index in [0.717, 1.165) is 25.9 Å². The Morgan fingerprint density at radius 3 is 1.16 bits per heavy atom. The second kappa shape index (κ2) is 19.8. The van der Waals surface area contributed by atoms with E-state index in [1.807, 2.05) is 4.90 Å². The third kappa shape index (κ3) is 16.7. The fourth-order valence-electron chi connectivity index (χ4n) is 3.56. The molecule has 0 aliphatic carbocycles. The van der Waals surface area contributed by atoms with Crippen molar-refractivity contribution in [2.45, 2.75) is 130 Å². The lowest BCUT2D eigenvalue weighted by atomic mass is 10.0. The molecule has 0 bridgehead atoms. The fourth-order valence-corrected chi connectivity index (χ4v) is 3.56. The summed E-state index contributed by atoms with van der Waals surface area (Å²) in [7, 11) is 0. The Morgan fingerprint density at radius 1 is 0.520 bits per heavy atom. The van der Waals surface area contributed by atoms with Crippen LogP contribution in [0.5, 0.6) is 0 Å². The number of carbonyl (C=O) groups is 1. The number of amides is 1. The van der Waals surface area contributed by atoms with E-state index in [0.29, 0.717) is 5.91 Å². The number of nitrogens with zero attached hydrogens (tertiary/aromatic N) is 1. The van der Waals surface area contributed by atoms with Crippen molar-refractivity contribution in [1.29, 1.82) is 0 Å². The molecule has 2 heteroatoms. The Labute approximate surface area is 159 Å². The molecule has 1 amide bonds. The van der Waals surface area contributed by atoms with E-state index in [1.165, 1.54) is 96.3 Å². The first-order valence-corrected chi connectivity index (χ1v) is 11.5. The molecule has 0 saturated heterocycles. The number of unbranched alkanes of at least 4 members (excludes halogenated alkanes) is 15. The van der Waals surface area contributed by atoms with Crippen LogP contribution in [0.3, 0.4) is 0 Å². The molecule has 0 aromatic heterocycles. The van der Waals surface area contributed by atoms with Crippen molar-refractivity contribution in [1.82, 2.24) is 4.90 Å². The van der Waals surface area contributed by atoms with Gasteiger partial charge in [0.05, 0.1) is 0 Å². The average molecular weight is 354 g/mol. The van der Waals surface area contributed by atoms with Gasteiger partial charge in [0.2, 0.25) is 5.91 Å². The van der Waals surface area contributed by atoms with Crippen LogP contribution in [0.25, 0.3) is 0 Å². The van der Waals surface area contributed by atoms with Crippen molar-refractivity contribution in [3.8, 4) is 0 Å². The average Bonchev–Trinajstić information content (AvgIpc) is 2.62. The van der Waals surface area contributed by atoms with E-state index in [9.17, 15) is 4.79 Å². The van der Waals surface area contributed by atoms with Crippen molar-refractivity contribution in [3.63, 3.8) is 0 Å². The molecule has 0 rings (SSSR count). The molecule has 0 saturated carbocycles. The van der Waals surface area contributed by atoms with Crippen LogP contribution in [-0.4, -0.2) is 23.9 Å². The molecule has 150 valence electrons. The summed E-state index contributed by atoms with van der Waals surface area (Å²) in [5.74, 6) is 0.343. The second-order valence-electron chi connectivity index (χ2n) is 7.62. The molecule has 0 N–H and O–H groups in total. The van der Waals surface area contributed by atoms with E-state index >= 15 is 0 Å². The minimum Gasteiger partial charge on any atom is -0.343 e. The van der Waals surface area contributed by atoms with Gasteiger partial charge in [-0.25, -0.2) is 0 Å². The third-order valence-corrected chi connectivity index (χ3v) is 5.36. The second-order valence-corrected chi connectivity index (χ2v) is 7.62. The molecule has 0 spiro atoms. The van der Waals surface area contributed by atoms with Crippen molar-refractivity contribution >= 4 is 5.91 Å². The van der Waals surface area contributed by atoms with E-state index in [4.69, 9.17) is 0 Å². The van der Waals surface area contributed by atoms with Gasteiger partial charge in [0.1, 0.15) is 0 Å². The zero-order chi connectivity index (χ0) is 18.6. The number of rotatable bonds is 19. The summed E-state index contributed by atoms with van der Waals surface area (Å²) in [5, 5.41) is 0. The van der Waals surface area contributed by atoms with Gasteiger partial charge >= 0.3 is 0 Å². The lowest BCUT2D eigenvalue weighted by Gasteiger charge is -2.18. The largest absolute Gasteiger partial charge is 0.343 e. The van der Waals surface area contributed by atoms with Gasteiger partial charge in [-0.2, -0.15) is 0 Å². The Hall–Kier alpha value is -0.530. The SMILES string of the molecule is CCCCCCCCCCCCCCCCCCC(=O)N(CC)CC. The van der Waals surface area contributed by atoms with Gasteiger partial charge in [0.25, 0.3) is 0 Å². The monoisotopic (exact) mass is 353 g/mol. The summed E-state index contributed by atoms with van der Waals surface area (Å²) in [4.78, 5) is 13.8. The highest BCUT2D eigenvalue weighted by Crippen LogP contribution is 2.14. The first kappa shape index (κ1) is 24.5. The number of hydrogen-bond acceptors (Lipinski definition) is 1. The van der Waals surface area contributed by atoms with Crippen LogP contribution >= 0.6 is 0 Å². The van der Waals surface area contributed by atoms with Crippen molar-refractivity contribution in [3.05, 3.63) is 0 Å². The van der Waals surface area contributed by atoms with Crippen molar-refractivity contribution < 1.29 is 4.79 Å². The minimum atomic E-state index is 0.343. The maximum atomic E-state index is 11.9. The highest BCUT2D eigenvalue weighted by molar-refractivity contribution is 5.75. The summed E-state index contributed by atoms with van der Waals surface area (Å²) < 4.78 is 0. The summed E-state index contributed by atoms with van der Waals surface area (Å²) >= 11 is 0. The molecular weight excluding hydrogens is 306 g/mol. The van der Waals surface area contributed by atoms with E-state index in [2.05, 4.69) is 20.8 Å². The Balaban J connectivity index is 3.15. The minimum absolute atomic E-state index is 0.343. The van der Waals surface area contributed by atoms with Gasteiger partial charge in [-0.05, 0) is 20.3 Å². The van der Waals surface area contributed by atoms with Crippen LogP contribution in [-0.2, 0) is 4.79 Å². The molecule has 0 radical (unpaired) electrons. The number of carbonyl (C=O) groups excluding carboxylic acids is 1. The fraction of sp³-hybridized carbons (Fsp3) is 0.957. The first-order valence-electron chi connectivity index (χ1n) is 11.5. The van der Waals surface area contributed by atoms with E-state index in [1.54, 1.807) is 0 Å². The highest BCUT2D eigenvalue weighted by atomic mass is 16.2. The predicted molar refractivity (Wildman–Crippen MR) is 112 cm³/mol. The van der Waals surface area contributed by atoms with Crippen LogP contribution in [0, 0.1) is 0 Å². The Bertz CT molecular complexity index is 273. The van der Waals surface area contributed by atoms with Crippen molar-refractivity contribution in [2.75, 3.05) is 13.1 Å². The molecule has 0 atom stereocenters. The van der Waals surface area contributed by atoms with Crippen LogP contribution in [0.1, 0.15) is 130 Å². The van der Waals surface area contributed by atoms with Crippen LogP contribution in [0.2, 0.25) is 0 Å². The first-order chi connectivity index (χ1) is 12.3. The Morgan fingerprint density at radius 2 is 0.840 bits per heavy atom. The Kier molecular flexibility index (Phi) is 19.4. The molecule has 2 nitrogen and oxygen atoms in total. The highest BCUT2D eigenvalue weighted by Gasteiger charge is 2.08. The third-order valence-electron chi connectivity index (χ3n) is 5.36. The topological polar surface area (TPSA) is 20.3 Å². The van der Waals surface area contributed by atoms with Gasteiger partial charge in [-0.15, -0.1) is 0 Å². The zero-order valence-corrected chi connectivity index (χ0v) is 17.8. The molecule has 25 heavy (non-hydrogen) atoms. The molecule has 0 fully saturated rings. The van der Waals surface area contributed by atoms with Gasteiger partial charge < -0.3 is 4.90 Å². The van der Waals surface area contributed by atoms with Gasteiger partial charge in [-0.1, -0.05) is 103 Å². The smallest absolute Gasteiger partial charge is 0.222 e. The zero-order valence-electron chi connectivity index (χ0n) is 17.8. The van der Waals surface area contributed by atoms with Gasteiger partial charge in [-0.3, -0.25) is 4.79 Å². The van der Waals surface area contributed by atoms with Gasteiger partial charge in [0.15, 0.2) is 0 Å². The van der Waals surface area contributed by atoms with Crippen LogP contribution < -0.4 is 0 Å². The van der Waals surface area contributed by atoms with Crippen molar-refractivity contribution in [2.24, 2.45) is 0 Å². The van der Waals surface area contributed by atoms with E-state index in [-0.39, 0.29) is 0 Å². The summed E-state index contributed by atoms with van der Waals surface area (Å²) in [6, 6.07) is 0. The molecule has 0 aromatic rings. The number of hydrogen-bond donors (Lipinski definition) is 0. The van der Waals surface area contributed by atoms with Gasteiger partial charge in [0, 0.05) is 19.5 Å². The standard InChI is InChI=1S/C23H47NO/c1-4-7-8-9-10-11-12-13-14-15-16-17-18-19-20-21-22-23(25)24(5-2)6-3/h4-22H2,1-3H3. The molecule has 0 aliphatic heterocycles. The molecule has 0 aromatic carbocycles. The molecule has 0 aliphatic rings. The summed E-state index contributed by atoms with van der Waals surface area (Å²) in [6.07, 6.45) is 22.9. The van der Waals surface area contributed by atoms with Crippen LogP contribution in [0.4, 0.5) is 0 Å². The molecular formula is C23H47NO. The van der Waals surface area contributed by atoms with Crippen LogP contribution in [0.15, 0.2) is 0 Å². The lowest BCUT2D eigenvalue weighted by molar-refractivity contribution is -0.130. The normalized spacial score (nSPS) is 11.0.